The van der Waals surface area contributed by atoms with Gasteiger partial charge in [-0.3, -0.25) is 4.79 Å². The average molecular weight is 407 g/mol. The fourth-order valence-corrected chi connectivity index (χ4v) is 7.33. The van der Waals surface area contributed by atoms with Crippen molar-refractivity contribution in [3.8, 4) is 5.75 Å². The summed E-state index contributed by atoms with van der Waals surface area (Å²) in [5, 5.41) is 2.63. The van der Waals surface area contributed by atoms with Crippen molar-refractivity contribution in [2.75, 3.05) is 19.0 Å². The molecule has 7 heteroatoms. The molecular weight excluding hydrogens is 376 g/mol. The van der Waals surface area contributed by atoms with E-state index in [1.165, 1.54) is 64.7 Å². The molecule has 0 saturated heterocycles. The Balaban J connectivity index is 1.43. The van der Waals surface area contributed by atoms with Crippen LogP contribution < -0.4 is 14.8 Å². The van der Waals surface area contributed by atoms with Gasteiger partial charge in [-0.05, 0) is 86.3 Å². The maximum Gasteiger partial charge on any atom is 0.240 e. The topological polar surface area (TPSA) is 84.5 Å². The first-order valence-electron chi connectivity index (χ1n) is 10.2. The number of ether oxygens (including phenoxy) is 1. The monoisotopic (exact) mass is 406 g/mol. The molecule has 0 atom stereocenters. The van der Waals surface area contributed by atoms with Gasteiger partial charge in [0.2, 0.25) is 15.9 Å². The molecule has 1 amide bonds. The lowest BCUT2D eigenvalue weighted by Crippen LogP contribution is -2.47. The minimum atomic E-state index is -3.63. The number of carbonyl (C=O) groups excluding carboxylic acids is 1. The van der Waals surface area contributed by atoms with Gasteiger partial charge in [0.05, 0.1) is 17.7 Å². The lowest BCUT2D eigenvalue weighted by Gasteiger charge is -2.57. The van der Waals surface area contributed by atoms with E-state index in [2.05, 4.69) is 10.0 Å². The van der Waals surface area contributed by atoms with Crippen LogP contribution in [0.2, 0.25) is 0 Å². The van der Waals surface area contributed by atoms with Crippen molar-refractivity contribution in [2.45, 2.75) is 56.8 Å². The molecule has 4 aliphatic carbocycles. The Bertz CT molecular complexity index is 830. The number of nitrogens with one attached hydrogen (secondary N) is 2. The molecule has 4 fully saturated rings. The van der Waals surface area contributed by atoms with Crippen LogP contribution in [0.4, 0.5) is 5.69 Å². The summed E-state index contributed by atoms with van der Waals surface area (Å²) in [4.78, 5) is 11.5. The zero-order valence-corrected chi connectivity index (χ0v) is 17.5. The molecule has 5 rings (SSSR count). The highest BCUT2D eigenvalue weighted by atomic mass is 32.2. The summed E-state index contributed by atoms with van der Waals surface area (Å²) in [5.41, 5.74) is 0.706. The number of anilines is 1. The third kappa shape index (κ3) is 3.92. The van der Waals surface area contributed by atoms with Crippen LogP contribution in [-0.2, 0) is 14.8 Å². The lowest BCUT2D eigenvalue weighted by atomic mass is 9.49. The van der Waals surface area contributed by atoms with Crippen LogP contribution in [-0.4, -0.2) is 28.0 Å². The highest BCUT2D eigenvalue weighted by Crippen LogP contribution is 2.61. The van der Waals surface area contributed by atoms with Crippen LogP contribution in [0.1, 0.15) is 51.9 Å². The quantitative estimate of drug-likeness (QED) is 0.725. The number of sulfonamides is 1. The predicted octanol–water partition coefficient (Wildman–Crippen LogP) is 3.54. The van der Waals surface area contributed by atoms with Gasteiger partial charge in [-0.1, -0.05) is 0 Å². The van der Waals surface area contributed by atoms with Gasteiger partial charge in [-0.15, -0.1) is 0 Å². The van der Waals surface area contributed by atoms with Crippen molar-refractivity contribution in [2.24, 2.45) is 23.2 Å². The molecule has 1 aromatic rings. The SMILES string of the molecule is COc1ccc(S(=O)(=O)NCCC23CC4CC(CC(C4)C2)C3)cc1NC(C)=O. The van der Waals surface area contributed by atoms with Crippen molar-refractivity contribution in [3.63, 3.8) is 0 Å². The van der Waals surface area contributed by atoms with E-state index in [-0.39, 0.29) is 10.8 Å². The zero-order valence-electron chi connectivity index (χ0n) is 16.7. The number of hydrogen-bond donors (Lipinski definition) is 2. The van der Waals surface area contributed by atoms with E-state index in [9.17, 15) is 13.2 Å². The minimum Gasteiger partial charge on any atom is -0.495 e. The second-order valence-electron chi connectivity index (χ2n) is 9.11. The van der Waals surface area contributed by atoms with Gasteiger partial charge in [-0.2, -0.15) is 0 Å². The summed E-state index contributed by atoms with van der Waals surface area (Å²) in [6.45, 7) is 1.85. The molecule has 0 aromatic heterocycles. The second-order valence-corrected chi connectivity index (χ2v) is 10.9. The largest absolute Gasteiger partial charge is 0.495 e. The van der Waals surface area contributed by atoms with Gasteiger partial charge in [0, 0.05) is 13.5 Å². The predicted molar refractivity (Wildman–Crippen MR) is 108 cm³/mol. The number of benzene rings is 1. The molecular formula is C21H30N2O4S. The summed E-state index contributed by atoms with van der Waals surface area (Å²) in [5.74, 6) is 2.75. The molecule has 4 saturated carbocycles. The van der Waals surface area contributed by atoms with E-state index in [4.69, 9.17) is 4.74 Å². The zero-order chi connectivity index (χ0) is 19.9. The normalized spacial score (nSPS) is 31.0. The molecule has 28 heavy (non-hydrogen) atoms. The van der Waals surface area contributed by atoms with Crippen molar-refractivity contribution in [1.29, 1.82) is 0 Å². The molecule has 6 nitrogen and oxygen atoms in total. The maximum atomic E-state index is 12.8. The summed E-state index contributed by atoms with van der Waals surface area (Å²) in [7, 11) is -2.15. The first kappa shape index (κ1) is 19.7. The van der Waals surface area contributed by atoms with E-state index in [1.54, 1.807) is 6.07 Å². The molecule has 4 bridgehead atoms. The summed E-state index contributed by atoms with van der Waals surface area (Å²) < 4.78 is 33.6. The Morgan fingerprint density at radius 2 is 1.75 bits per heavy atom. The standard InChI is InChI=1S/C21H30N2O4S/c1-14(24)23-19-10-18(3-4-20(19)27-2)28(25,26)22-6-5-21-11-15-7-16(12-21)9-17(8-15)13-21/h3-4,10,15-17,22H,5-9,11-13H2,1-2H3,(H,23,24). The highest BCUT2D eigenvalue weighted by molar-refractivity contribution is 7.89. The van der Waals surface area contributed by atoms with Crippen LogP contribution in [0.5, 0.6) is 5.75 Å². The van der Waals surface area contributed by atoms with E-state index >= 15 is 0 Å². The Labute approximate surface area is 167 Å². The van der Waals surface area contributed by atoms with Gasteiger partial charge in [0.15, 0.2) is 0 Å². The van der Waals surface area contributed by atoms with Crippen LogP contribution in [0.25, 0.3) is 0 Å². The molecule has 154 valence electrons. The molecule has 0 aliphatic heterocycles. The molecule has 0 spiro atoms. The van der Waals surface area contributed by atoms with Crippen molar-refractivity contribution < 1.29 is 17.9 Å². The van der Waals surface area contributed by atoms with Gasteiger partial charge in [0.1, 0.15) is 5.75 Å². The van der Waals surface area contributed by atoms with E-state index in [0.29, 0.717) is 23.4 Å². The summed E-state index contributed by atoms with van der Waals surface area (Å²) in [6.07, 6.45) is 8.92. The Kier molecular flexibility index (Phi) is 5.16. The van der Waals surface area contributed by atoms with Crippen LogP contribution >= 0.6 is 0 Å². The highest BCUT2D eigenvalue weighted by Gasteiger charge is 2.50. The average Bonchev–Trinajstić information content (AvgIpc) is 2.59. The van der Waals surface area contributed by atoms with Crippen LogP contribution in [0.3, 0.4) is 0 Å². The number of methoxy groups -OCH3 is 1. The van der Waals surface area contributed by atoms with Gasteiger partial charge < -0.3 is 10.1 Å². The molecule has 1 aromatic carbocycles. The van der Waals surface area contributed by atoms with E-state index < -0.39 is 10.0 Å². The summed E-state index contributed by atoms with van der Waals surface area (Å²) >= 11 is 0. The first-order chi connectivity index (χ1) is 13.3. The molecule has 0 unspecified atom stereocenters. The molecule has 4 aliphatic rings. The maximum absolute atomic E-state index is 12.8. The van der Waals surface area contributed by atoms with Crippen molar-refractivity contribution >= 4 is 21.6 Å². The summed E-state index contributed by atoms with van der Waals surface area (Å²) in [6, 6.07) is 4.53. The van der Waals surface area contributed by atoms with Gasteiger partial charge >= 0.3 is 0 Å². The van der Waals surface area contributed by atoms with Gasteiger partial charge in [0.25, 0.3) is 0 Å². The molecule has 0 heterocycles. The molecule has 0 radical (unpaired) electrons. The number of amides is 1. The van der Waals surface area contributed by atoms with E-state index in [0.717, 1.165) is 24.2 Å². The van der Waals surface area contributed by atoms with Crippen molar-refractivity contribution in [3.05, 3.63) is 18.2 Å². The van der Waals surface area contributed by atoms with E-state index in [1.807, 2.05) is 0 Å². The molecule has 2 N–H and O–H groups in total. The van der Waals surface area contributed by atoms with Crippen LogP contribution in [0, 0.1) is 23.2 Å². The third-order valence-electron chi connectivity index (χ3n) is 6.90. The van der Waals surface area contributed by atoms with Crippen LogP contribution in [0.15, 0.2) is 23.1 Å². The minimum absolute atomic E-state index is 0.141. The first-order valence-corrected chi connectivity index (χ1v) is 11.7. The number of carbonyl (C=O) groups is 1. The third-order valence-corrected chi connectivity index (χ3v) is 8.36. The second kappa shape index (κ2) is 7.34. The van der Waals surface area contributed by atoms with Crippen molar-refractivity contribution in [1.82, 2.24) is 4.72 Å². The fourth-order valence-electron chi connectivity index (χ4n) is 6.27. The lowest BCUT2D eigenvalue weighted by molar-refractivity contribution is -0.114. The fraction of sp³-hybridized carbons (Fsp3) is 0.667. The Morgan fingerprint density at radius 1 is 1.14 bits per heavy atom. The Morgan fingerprint density at radius 3 is 2.29 bits per heavy atom. The smallest absolute Gasteiger partial charge is 0.240 e. The number of hydrogen-bond acceptors (Lipinski definition) is 4. The Hall–Kier alpha value is -1.60. The van der Waals surface area contributed by atoms with Gasteiger partial charge in [-0.25, -0.2) is 13.1 Å². The number of rotatable bonds is 7.